The summed E-state index contributed by atoms with van der Waals surface area (Å²) in [7, 11) is 0. The Morgan fingerprint density at radius 1 is 1.65 bits per heavy atom. The summed E-state index contributed by atoms with van der Waals surface area (Å²) in [5.41, 5.74) is 1.00. The minimum atomic E-state index is -0.787. The Morgan fingerprint density at radius 2 is 2.35 bits per heavy atom. The first-order valence-corrected chi connectivity index (χ1v) is 7.75. The van der Waals surface area contributed by atoms with Gasteiger partial charge < -0.3 is 5.21 Å². The molecule has 0 aliphatic heterocycles. The largest absolute Gasteiger partial charge is 0.411 e. The van der Waals surface area contributed by atoms with Gasteiger partial charge in [0.2, 0.25) is 6.04 Å². The smallest absolute Gasteiger partial charge is 0.231 e. The standard InChI is InChI=1S/C11H16N4O3S2/c1-4-9(7(2)15(17)18)5-10(14-16)6-19-11-13-12-8(3)20-11/h5,7,16H,4,6H2,1-3H3. The van der Waals surface area contributed by atoms with Gasteiger partial charge in [-0.05, 0) is 19.4 Å². The van der Waals surface area contributed by atoms with E-state index in [-0.39, 0.29) is 4.92 Å². The quantitative estimate of drug-likeness (QED) is 0.273. The number of nitrogens with zero attached hydrogens (tertiary/aromatic N) is 4. The molecule has 0 aromatic carbocycles. The molecule has 0 bridgehead atoms. The SMILES string of the molecule is CCC(=CC(CSc1nnc(C)s1)=NO)C(C)[N+](=O)[O-]. The van der Waals surface area contributed by atoms with Crippen molar-refractivity contribution in [3.8, 4) is 0 Å². The highest BCUT2D eigenvalue weighted by Crippen LogP contribution is 2.22. The van der Waals surface area contributed by atoms with E-state index < -0.39 is 6.04 Å². The lowest BCUT2D eigenvalue weighted by atomic mass is 10.1. The van der Waals surface area contributed by atoms with E-state index in [4.69, 9.17) is 5.21 Å². The second-order valence-electron chi connectivity index (χ2n) is 4.00. The molecule has 1 heterocycles. The van der Waals surface area contributed by atoms with Crippen molar-refractivity contribution in [3.05, 3.63) is 26.8 Å². The lowest BCUT2D eigenvalue weighted by Crippen LogP contribution is -2.18. The number of aromatic nitrogens is 2. The molecule has 0 saturated carbocycles. The van der Waals surface area contributed by atoms with Gasteiger partial charge in [-0.1, -0.05) is 35.2 Å². The minimum Gasteiger partial charge on any atom is -0.411 e. The summed E-state index contributed by atoms with van der Waals surface area (Å²) >= 11 is 2.84. The minimum absolute atomic E-state index is 0.356. The summed E-state index contributed by atoms with van der Waals surface area (Å²) in [6.45, 7) is 5.21. The summed E-state index contributed by atoms with van der Waals surface area (Å²) in [6.07, 6.45) is 2.11. The number of thioether (sulfide) groups is 1. The fourth-order valence-corrected chi connectivity index (χ4v) is 3.14. The van der Waals surface area contributed by atoms with Gasteiger partial charge in [-0.25, -0.2) is 0 Å². The highest BCUT2D eigenvalue weighted by molar-refractivity contribution is 8.01. The highest BCUT2D eigenvalue weighted by atomic mass is 32.2. The number of rotatable bonds is 7. The molecule has 1 unspecified atom stereocenters. The first kappa shape index (κ1) is 16.6. The molecule has 20 heavy (non-hydrogen) atoms. The molecule has 0 fully saturated rings. The second kappa shape index (κ2) is 7.95. The van der Waals surface area contributed by atoms with Gasteiger partial charge in [-0.2, -0.15) is 0 Å². The monoisotopic (exact) mass is 316 g/mol. The molecule has 110 valence electrons. The Kier molecular flexibility index (Phi) is 6.59. The van der Waals surface area contributed by atoms with Gasteiger partial charge in [-0.3, -0.25) is 10.1 Å². The van der Waals surface area contributed by atoms with E-state index in [1.165, 1.54) is 30.0 Å². The van der Waals surface area contributed by atoms with Crippen LogP contribution < -0.4 is 0 Å². The summed E-state index contributed by atoms with van der Waals surface area (Å²) in [5.74, 6) is 0.388. The predicted molar refractivity (Wildman–Crippen MR) is 79.4 cm³/mol. The van der Waals surface area contributed by atoms with Crippen LogP contribution in [0.4, 0.5) is 0 Å². The van der Waals surface area contributed by atoms with Crippen LogP contribution in [-0.2, 0) is 0 Å². The van der Waals surface area contributed by atoms with E-state index in [0.29, 0.717) is 23.5 Å². The van der Waals surface area contributed by atoms with Gasteiger partial charge in [0.15, 0.2) is 4.34 Å². The number of hydrogen-bond donors (Lipinski definition) is 1. The van der Waals surface area contributed by atoms with E-state index >= 15 is 0 Å². The maximum absolute atomic E-state index is 10.8. The molecule has 1 rings (SSSR count). The maximum atomic E-state index is 10.8. The van der Waals surface area contributed by atoms with Crippen molar-refractivity contribution in [1.82, 2.24) is 10.2 Å². The molecule has 0 saturated heterocycles. The van der Waals surface area contributed by atoms with Gasteiger partial charge in [0, 0.05) is 23.2 Å². The Balaban J connectivity index is 2.72. The van der Waals surface area contributed by atoms with Gasteiger partial charge in [0.25, 0.3) is 0 Å². The summed E-state index contributed by atoms with van der Waals surface area (Å²) in [5, 5.41) is 31.7. The van der Waals surface area contributed by atoms with Crippen LogP contribution in [-0.4, -0.2) is 37.8 Å². The first-order valence-electron chi connectivity index (χ1n) is 5.95. The lowest BCUT2D eigenvalue weighted by Gasteiger charge is -2.07. The van der Waals surface area contributed by atoms with Gasteiger partial charge in [0.1, 0.15) is 5.01 Å². The molecule has 1 aromatic rings. The molecule has 0 amide bonds. The third kappa shape index (κ3) is 4.89. The van der Waals surface area contributed by atoms with Crippen LogP contribution >= 0.6 is 23.1 Å². The van der Waals surface area contributed by atoms with Gasteiger partial charge >= 0.3 is 0 Å². The Hall–Kier alpha value is -1.48. The predicted octanol–water partition coefficient (Wildman–Crippen LogP) is 2.77. The van der Waals surface area contributed by atoms with Crippen molar-refractivity contribution in [3.63, 3.8) is 0 Å². The molecule has 1 N–H and O–H groups in total. The normalized spacial score (nSPS) is 14.3. The Morgan fingerprint density at radius 3 is 2.80 bits per heavy atom. The number of aryl methyl sites for hydroxylation is 1. The fraction of sp³-hybridized carbons (Fsp3) is 0.545. The van der Waals surface area contributed by atoms with Crippen molar-refractivity contribution in [1.29, 1.82) is 0 Å². The molecule has 1 aromatic heterocycles. The Bertz CT molecular complexity index is 527. The lowest BCUT2D eigenvalue weighted by molar-refractivity contribution is -0.507. The van der Waals surface area contributed by atoms with Crippen molar-refractivity contribution < 1.29 is 10.1 Å². The van der Waals surface area contributed by atoms with Crippen LogP contribution in [0, 0.1) is 17.0 Å². The van der Waals surface area contributed by atoms with E-state index in [2.05, 4.69) is 15.4 Å². The zero-order chi connectivity index (χ0) is 15.1. The van der Waals surface area contributed by atoms with Gasteiger partial charge in [0.05, 0.1) is 5.71 Å². The van der Waals surface area contributed by atoms with Crippen LogP contribution in [0.2, 0.25) is 0 Å². The third-order valence-electron chi connectivity index (χ3n) is 2.59. The van der Waals surface area contributed by atoms with Crippen molar-refractivity contribution in [2.24, 2.45) is 5.16 Å². The van der Waals surface area contributed by atoms with E-state index in [1.807, 2.05) is 13.8 Å². The summed E-state index contributed by atoms with van der Waals surface area (Å²) < 4.78 is 0.775. The zero-order valence-corrected chi connectivity index (χ0v) is 13.1. The molecule has 7 nitrogen and oxygen atoms in total. The summed E-state index contributed by atoms with van der Waals surface area (Å²) in [6, 6.07) is -0.787. The van der Waals surface area contributed by atoms with E-state index in [9.17, 15) is 10.1 Å². The molecular formula is C11H16N4O3S2. The first-order chi connectivity index (χ1) is 9.47. The molecule has 0 radical (unpaired) electrons. The molecule has 0 aliphatic carbocycles. The zero-order valence-electron chi connectivity index (χ0n) is 11.4. The van der Waals surface area contributed by atoms with Crippen LogP contribution in [0.3, 0.4) is 0 Å². The highest BCUT2D eigenvalue weighted by Gasteiger charge is 2.18. The fourth-order valence-electron chi connectivity index (χ4n) is 1.44. The number of allylic oxidation sites excluding steroid dienone is 1. The topological polar surface area (TPSA) is 102 Å². The van der Waals surface area contributed by atoms with E-state index in [0.717, 1.165) is 9.35 Å². The number of hydrogen-bond acceptors (Lipinski definition) is 8. The van der Waals surface area contributed by atoms with Crippen LogP contribution in [0.25, 0.3) is 0 Å². The Labute approximate surface area is 124 Å². The van der Waals surface area contributed by atoms with Crippen LogP contribution in [0.1, 0.15) is 25.3 Å². The van der Waals surface area contributed by atoms with E-state index in [1.54, 1.807) is 6.08 Å². The number of oxime groups is 1. The molecule has 9 heteroatoms. The number of nitro groups is 1. The maximum Gasteiger partial charge on any atom is 0.231 e. The molecule has 0 spiro atoms. The van der Waals surface area contributed by atoms with Gasteiger partial charge in [-0.15, -0.1) is 10.2 Å². The second-order valence-corrected chi connectivity index (χ2v) is 6.41. The van der Waals surface area contributed by atoms with Crippen molar-refractivity contribution in [2.45, 2.75) is 37.6 Å². The van der Waals surface area contributed by atoms with Crippen molar-refractivity contribution >= 4 is 28.8 Å². The van der Waals surface area contributed by atoms with Crippen molar-refractivity contribution in [2.75, 3.05) is 5.75 Å². The average molecular weight is 316 g/mol. The molecule has 0 aliphatic rings. The van der Waals surface area contributed by atoms with Crippen LogP contribution in [0.15, 0.2) is 21.1 Å². The molecule has 1 atom stereocenters. The van der Waals surface area contributed by atoms with Crippen LogP contribution in [0.5, 0.6) is 0 Å². The molecular weight excluding hydrogens is 300 g/mol. The third-order valence-corrected chi connectivity index (χ3v) is 4.60. The summed E-state index contributed by atoms with van der Waals surface area (Å²) in [4.78, 5) is 10.4. The average Bonchev–Trinajstić information content (AvgIpc) is 2.84.